The molecule has 1 N–H and O–H groups in total. The van der Waals surface area contributed by atoms with Crippen molar-refractivity contribution in [2.24, 2.45) is 0 Å². The second-order valence-electron chi connectivity index (χ2n) is 10.3. The number of benzene rings is 2. The van der Waals surface area contributed by atoms with Crippen molar-refractivity contribution < 1.29 is 0 Å². The molecule has 33 heavy (non-hydrogen) atoms. The lowest BCUT2D eigenvalue weighted by Gasteiger charge is -2.09. The van der Waals surface area contributed by atoms with E-state index in [9.17, 15) is 0 Å². The molecule has 3 rings (SSSR count). The normalized spacial score (nSPS) is 11.7. The molecular formula is C32H49N. The third kappa shape index (κ3) is 8.51. The molecule has 1 heteroatoms. The summed E-state index contributed by atoms with van der Waals surface area (Å²) in [6, 6.07) is 13.9. The molecule has 0 atom stereocenters. The molecule has 2 aromatic carbocycles. The van der Waals surface area contributed by atoms with E-state index in [0.717, 1.165) is 0 Å². The molecule has 0 bridgehead atoms. The number of unbranched alkanes of at least 4 members (excludes halogenated alkanes) is 14. The van der Waals surface area contributed by atoms with Crippen molar-refractivity contribution >= 4 is 21.8 Å². The third-order valence-corrected chi connectivity index (χ3v) is 7.38. The molecule has 0 unspecified atom stereocenters. The zero-order chi connectivity index (χ0) is 23.1. The van der Waals surface area contributed by atoms with Crippen LogP contribution in [-0.2, 0) is 12.8 Å². The van der Waals surface area contributed by atoms with Crippen molar-refractivity contribution in [2.45, 2.75) is 129 Å². The molecule has 0 aliphatic heterocycles. The molecule has 0 radical (unpaired) electrons. The van der Waals surface area contributed by atoms with Crippen LogP contribution in [0.15, 0.2) is 36.4 Å². The lowest BCUT2D eigenvalue weighted by molar-refractivity contribution is 0.574. The Labute approximate surface area is 203 Å². The minimum Gasteiger partial charge on any atom is -0.354 e. The van der Waals surface area contributed by atoms with E-state index in [2.05, 4.69) is 55.2 Å². The second kappa shape index (κ2) is 15.2. The van der Waals surface area contributed by atoms with Crippen molar-refractivity contribution in [1.82, 2.24) is 4.98 Å². The van der Waals surface area contributed by atoms with E-state index in [1.165, 1.54) is 137 Å². The predicted octanol–water partition coefficient (Wildman–Crippen LogP) is 10.7. The number of aromatic amines is 1. The summed E-state index contributed by atoms with van der Waals surface area (Å²) in [5.41, 5.74) is 5.77. The van der Waals surface area contributed by atoms with Gasteiger partial charge in [-0.05, 0) is 48.9 Å². The maximum Gasteiger partial charge on any atom is 0.0497 e. The summed E-state index contributed by atoms with van der Waals surface area (Å²) < 4.78 is 0. The first-order chi connectivity index (χ1) is 16.3. The zero-order valence-corrected chi connectivity index (χ0v) is 21.7. The monoisotopic (exact) mass is 447 g/mol. The van der Waals surface area contributed by atoms with Crippen molar-refractivity contribution in [1.29, 1.82) is 0 Å². The molecule has 0 spiro atoms. The van der Waals surface area contributed by atoms with Crippen LogP contribution < -0.4 is 0 Å². The molecule has 1 nitrogen and oxygen atoms in total. The Bertz CT molecular complexity index is 919. The van der Waals surface area contributed by atoms with Gasteiger partial charge in [-0.1, -0.05) is 128 Å². The highest BCUT2D eigenvalue weighted by Crippen LogP contribution is 2.30. The van der Waals surface area contributed by atoms with Crippen molar-refractivity contribution in [3.8, 4) is 0 Å². The predicted molar refractivity (Wildman–Crippen MR) is 148 cm³/mol. The summed E-state index contributed by atoms with van der Waals surface area (Å²) in [5.74, 6) is 0. The van der Waals surface area contributed by atoms with E-state index in [0.29, 0.717) is 0 Å². The average Bonchev–Trinajstić information content (AvgIpc) is 3.21. The fourth-order valence-corrected chi connectivity index (χ4v) is 5.34. The minimum absolute atomic E-state index is 1.21. The SMILES string of the molecule is CCCCCCCCCCc1cc(CCCCCCCCCC)c2[nH]c3ccccc3c2c1. The van der Waals surface area contributed by atoms with Crippen molar-refractivity contribution in [3.05, 3.63) is 47.5 Å². The van der Waals surface area contributed by atoms with Gasteiger partial charge in [-0.3, -0.25) is 0 Å². The van der Waals surface area contributed by atoms with Gasteiger partial charge in [0.05, 0.1) is 0 Å². The summed E-state index contributed by atoms with van der Waals surface area (Å²) in [6.45, 7) is 4.60. The largest absolute Gasteiger partial charge is 0.354 e. The number of aryl methyl sites for hydroxylation is 2. The van der Waals surface area contributed by atoms with Gasteiger partial charge >= 0.3 is 0 Å². The first-order valence-corrected chi connectivity index (χ1v) is 14.4. The van der Waals surface area contributed by atoms with Gasteiger partial charge in [0, 0.05) is 21.8 Å². The highest BCUT2D eigenvalue weighted by atomic mass is 14.7. The van der Waals surface area contributed by atoms with Gasteiger partial charge in [-0.25, -0.2) is 0 Å². The topological polar surface area (TPSA) is 15.8 Å². The number of H-pyrrole nitrogens is 1. The van der Waals surface area contributed by atoms with Crippen LogP contribution in [0.4, 0.5) is 0 Å². The second-order valence-corrected chi connectivity index (χ2v) is 10.3. The van der Waals surface area contributed by atoms with Gasteiger partial charge in [0.25, 0.3) is 0 Å². The van der Waals surface area contributed by atoms with E-state index >= 15 is 0 Å². The Hall–Kier alpha value is -1.76. The molecular weight excluding hydrogens is 398 g/mol. The summed E-state index contributed by atoms with van der Waals surface area (Å²) in [5, 5.41) is 2.83. The van der Waals surface area contributed by atoms with Crippen LogP contribution >= 0.6 is 0 Å². The van der Waals surface area contributed by atoms with Gasteiger partial charge in [0.15, 0.2) is 0 Å². The van der Waals surface area contributed by atoms with E-state index in [-0.39, 0.29) is 0 Å². The summed E-state index contributed by atoms with van der Waals surface area (Å²) >= 11 is 0. The van der Waals surface area contributed by atoms with Gasteiger partial charge < -0.3 is 4.98 Å². The molecule has 0 saturated heterocycles. The quantitative estimate of drug-likeness (QED) is 0.187. The molecule has 0 aliphatic carbocycles. The maximum atomic E-state index is 3.75. The third-order valence-electron chi connectivity index (χ3n) is 7.38. The van der Waals surface area contributed by atoms with Crippen LogP contribution in [0.25, 0.3) is 21.8 Å². The van der Waals surface area contributed by atoms with Crippen LogP contribution in [0, 0.1) is 0 Å². The Kier molecular flexibility index (Phi) is 11.9. The zero-order valence-electron chi connectivity index (χ0n) is 21.7. The van der Waals surface area contributed by atoms with Crippen LogP contribution in [0.3, 0.4) is 0 Å². The van der Waals surface area contributed by atoms with E-state index in [1.54, 1.807) is 11.1 Å². The number of hydrogen-bond acceptors (Lipinski definition) is 0. The standard InChI is InChI=1S/C32H49N/c1-3-5-7-9-11-13-15-17-21-27-25-28(22-18-16-14-12-10-8-6-4-2)32-30(26-27)29-23-19-20-24-31(29)33-32/h19-20,23-26,33H,3-18,21-22H2,1-2H3. The van der Waals surface area contributed by atoms with Crippen LogP contribution in [-0.4, -0.2) is 4.98 Å². The lowest BCUT2D eigenvalue weighted by atomic mass is 9.96. The Morgan fingerprint density at radius 3 is 1.73 bits per heavy atom. The Morgan fingerprint density at radius 2 is 1.09 bits per heavy atom. The number of fused-ring (bicyclic) bond motifs is 3. The fraction of sp³-hybridized carbons (Fsp3) is 0.625. The Morgan fingerprint density at radius 1 is 0.545 bits per heavy atom. The number of para-hydroxylation sites is 1. The van der Waals surface area contributed by atoms with Gasteiger partial charge in [0.1, 0.15) is 0 Å². The van der Waals surface area contributed by atoms with Crippen LogP contribution in [0.1, 0.15) is 128 Å². The van der Waals surface area contributed by atoms with Crippen molar-refractivity contribution in [2.75, 3.05) is 0 Å². The molecule has 0 fully saturated rings. The first-order valence-electron chi connectivity index (χ1n) is 14.4. The molecule has 1 heterocycles. The number of hydrogen-bond donors (Lipinski definition) is 1. The number of aromatic nitrogens is 1. The van der Waals surface area contributed by atoms with Gasteiger partial charge in [-0.15, -0.1) is 0 Å². The number of nitrogens with one attached hydrogen (secondary N) is 1. The molecule has 1 aromatic heterocycles. The minimum atomic E-state index is 1.21. The Balaban J connectivity index is 1.56. The van der Waals surface area contributed by atoms with Gasteiger partial charge in [0.2, 0.25) is 0 Å². The van der Waals surface area contributed by atoms with Crippen LogP contribution in [0.5, 0.6) is 0 Å². The highest BCUT2D eigenvalue weighted by Gasteiger charge is 2.10. The van der Waals surface area contributed by atoms with E-state index < -0.39 is 0 Å². The van der Waals surface area contributed by atoms with Crippen molar-refractivity contribution in [3.63, 3.8) is 0 Å². The lowest BCUT2D eigenvalue weighted by Crippen LogP contribution is -1.93. The molecule has 3 aromatic rings. The fourth-order valence-electron chi connectivity index (χ4n) is 5.34. The maximum absolute atomic E-state index is 3.75. The number of rotatable bonds is 18. The molecule has 0 saturated carbocycles. The molecule has 182 valence electrons. The summed E-state index contributed by atoms with van der Waals surface area (Å²) in [6.07, 6.45) is 24.7. The average molecular weight is 448 g/mol. The molecule has 0 aliphatic rings. The molecule has 0 amide bonds. The van der Waals surface area contributed by atoms with E-state index in [1.807, 2.05) is 0 Å². The smallest absolute Gasteiger partial charge is 0.0497 e. The van der Waals surface area contributed by atoms with E-state index in [4.69, 9.17) is 0 Å². The summed E-state index contributed by atoms with van der Waals surface area (Å²) in [4.78, 5) is 3.75. The van der Waals surface area contributed by atoms with Crippen LogP contribution in [0.2, 0.25) is 0 Å². The first kappa shape index (κ1) is 25.9. The van der Waals surface area contributed by atoms with Gasteiger partial charge in [-0.2, -0.15) is 0 Å². The summed E-state index contributed by atoms with van der Waals surface area (Å²) in [7, 11) is 0. The highest BCUT2D eigenvalue weighted by molar-refractivity contribution is 6.08.